The maximum absolute atomic E-state index is 12.8. The molecule has 21 heavy (non-hydrogen) atoms. The minimum Gasteiger partial charge on any atom is -0.464 e. The van der Waals surface area contributed by atoms with Gasteiger partial charge < -0.3 is 14.2 Å². The van der Waals surface area contributed by atoms with Crippen molar-refractivity contribution in [1.82, 2.24) is 9.80 Å². The smallest absolute Gasteiger partial charge is 0.228 e. The number of amides is 2. The Kier molecular flexibility index (Phi) is 3.97. The summed E-state index contributed by atoms with van der Waals surface area (Å²) in [6, 6.07) is 3.88. The van der Waals surface area contributed by atoms with Crippen molar-refractivity contribution in [3.05, 3.63) is 23.7 Å². The highest BCUT2D eigenvalue weighted by atomic mass is 32.2. The summed E-state index contributed by atoms with van der Waals surface area (Å²) in [6.07, 6.45) is 0.336. The average molecular weight is 308 g/mol. The van der Waals surface area contributed by atoms with Crippen LogP contribution in [-0.2, 0) is 9.59 Å². The summed E-state index contributed by atoms with van der Waals surface area (Å²) >= 11 is 1.84. The zero-order valence-corrected chi connectivity index (χ0v) is 13.2. The lowest BCUT2D eigenvalue weighted by molar-refractivity contribution is -0.138. The van der Waals surface area contributed by atoms with Crippen molar-refractivity contribution in [2.45, 2.75) is 19.4 Å². The predicted molar refractivity (Wildman–Crippen MR) is 81.0 cm³/mol. The molecule has 2 fully saturated rings. The lowest BCUT2D eigenvalue weighted by Crippen LogP contribution is -2.44. The van der Waals surface area contributed by atoms with Gasteiger partial charge in [-0.3, -0.25) is 9.59 Å². The van der Waals surface area contributed by atoms with Crippen LogP contribution in [0.25, 0.3) is 0 Å². The number of thioether (sulfide) groups is 1. The molecular formula is C15H20N2O3S. The van der Waals surface area contributed by atoms with Gasteiger partial charge in [-0.15, -0.1) is 0 Å². The zero-order chi connectivity index (χ0) is 15.0. The highest BCUT2D eigenvalue weighted by molar-refractivity contribution is 7.99. The second-order valence-corrected chi connectivity index (χ2v) is 6.90. The van der Waals surface area contributed by atoms with E-state index in [2.05, 4.69) is 0 Å². The molecule has 2 saturated heterocycles. The van der Waals surface area contributed by atoms with Gasteiger partial charge in [0.05, 0.1) is 12.0 Å². The van der Waals surface area contributed by atoms with Crippen molar-refractivity contribution in [2.75, 3.05) is 31.6 Å². The van der Waals surface area contributed by atoms with Crippen LogP contribution < -0.4 is 0 Å². The van der Waals surface area contributed by atoms with Crippen LogP contribution in [0.1, 0.15) is 24.0 Å². The summed E-state index contributed by atoms with van der Waals surface area (Å²) in [4.78, 5) is 28.0. The van der Waals surface area contributed by atoms with E-state index in [1.165, 1.54) is 0 Å². The van der Waals surface area contributed by atoms with E-state index in [4.69, 9.17) is 4.42 Å². The van der Waals surface area contributed by atoms with Crippen LogP contribution >= 0.6 is 11.8 Å². The van der Waals surface area contributed by atoms with Gasteiger partial charge in [-0.1, -0.05) is 0 Å². The molecule has 2 atom stereocenters. The second-order valence-electron chi connectivity index (χ2n) is 5.75. The molecule has 5 nitrogen and oxygen atoms in total. The van der Waals surface area contributed by atoms with E-state index in [-0.39, 0.29) is 23.8 Å². The molecule has 0 N–H and O–H groups in total. The van der Waals surface area contributed by atoms with E-state index < -0.39 is 0 Å². The molecule has 1 aromatic heterocycles. The van der Waals surface area contributed by atoms with Crippen LogP contribution in [0.3, 0.4) is 0 Å². The molecular weight excluding hydrogens is 288 g/mol. The molecule has 0 aromatic carbocycles. The molecule has 0 radical (unpaired) electrons. The third-order valence-electron chi connectivity index (χ3n) is 4.19. The summed E-state index contributed by atoms with van der Waals surface area (Å²) in [5, 5.41) is 0. The predicted octanol–water partition coefficient (Wildman–Crippen LogP) is 1.68. The number of carbonyl (C=O) groups is 2. The van der Waals surface area contributed by atoms with E-state index in [9.17, 15) is 9.59 Å². The van der Waals surface area contributed by atoms with E-state index in [1.54, 1.807) is 11.9 Å². The fourth-order valence-electron chi connectivity index (χ4n) is 3.00. The van der Waals surface area contributed by atoms with Crippen LogP contribution in [0.4, 0.5) is 0 Å². The number of aryl methyl sites for hydroxylation is 1. The highest BCUT2D eigenvalue weighted by Crippen LogP contribution is 2.33. The third kappa shape index (κ3) is 2.81. The zero-order valence-electron chi connectivity index (χ0n) is 12.4. The van der Waals surface area contributed by atoms with E-state index in [1.807, 2.05) is 35.7 Å². The first-order chi connectivity index (χ1) is 10.1. The highest BCUT2D eigenvalue weighted by Gasteiger charge is 2.39. The number of rotatable bonds is 2. The monoisotopic (exact) mass is 308 g/mol. The number of likely N-dealkylation sites (tertiary alicyclic amines) is 1. The number of hydrogen-bond acceptors (Lipinski definition) is 4. The third-order valence-corrected chi connectivity index (χ3v) is 5.21. The van der Waals surface area contributed by atoms with Crippen molar-refractivity contribution >= 4 is 23.6 Å². The molecule has 0 bridgehead atoms. The van der Waals surface area contributed by atoms with Crippen LogP contribution in [0.2, 0.25) is 0 Å². The Morgan fingerprint density at radius 1 is 1.43 bits per heavy atom. The largest absolute Gasteiger partial charge is 0.464 e. The van der Waals surface area contributed by atoms with Gasteiger partial charge in [-0.2, -0.15) is 11.8 Å². The van der Waals surface area contributed by atoms with Gasteiger partial charge in [0, 0.05) is 38.1 Å². The summed E-state index contributed by atoms with van der Waals surface area (Å²) < 4.78 is 5.72. The van der Waals surface area contributed by atoms with Gasteiger partial charge in [0.15, 0.2) is 0 Å². The lowest BCUT2D eigenvalue weighted by atomic mass is 10.1. The van der Waals surface area contributed by atoms with Crippen molar-refractivity contribution in [1.29, 1.82) is 0 Å². The molecule has 2 aliphatic rings. The number of nitrogens with zero attached hydrogens (tertiary/aromatic N) is 2. The van der Waals surface area contributed by atoms with Crippen LogP contribution in [0.5, 0.6) is 0 Å². The maximum atomic E-state index is 12.8. The van der Waals surface area contributed by atoms with Crippen LogP contribution in [-0.4, -0.2) is 53.3 Å². The van der Waals surface area contributed by atoms with E-state index in [0.29, 0.717) is 13.0 Å². The van der Waals surface area contributed by atoms with Gasteiger partial charge in [0.25, 0.3) is 0 Å². The van der Waals surface area contributed by atoms with Gasteiger partial charge in [0.1, 0.15) is 11.5 Å². The lowest BCUT2D eigenvalue weighted by Gasteiger charge is -2.35. The van der Waals surface area contributed by atoms with Gasteiger partial charge >= 0.3 is 0 Å². The molecule has 1 aromatic rings. The van der Waals surface area contributed by atoms with Crippen molar-refractivity contribution in [3.63, 3.8) is 0 Å². The molecule has 0 unspecified atom stereocenters. The maximum Gasteiger partial charge on any atom is 0.228 e. The first-order valence-electron chi connectivity index (χ1n) is 7.25. The molecule has 0 saturated carbocycles. The van der Waals surface area contributed by atoms with Gasteiger partial charge in [0.2, 0.25) is 11.8 Å². The van der Waals surface area contributed by atoms with E-state index in [0.717, 1.165) is 29.6 Å². The van der Waals surface area contributed by atoms with Crippen molar-refractivity contribution < 1.29 is 14.0 Å². The number of hydrogen-bond donors (Lipinski definition) is 0. The van der Waals surface area contributed by atoms with Crippen molar-refractivity contribution in [3.8, 4) is 0 Å². The first kappa shape index (κ1) is 14.5. The molecule has 3 heterocycles. The molecule has 0 aliphatic carbocycles. The Morgan fingerprint density at radius 2 is 2.24 bits per heavy atom. The second kappa shape index (κ2) is 5.75. The molecule has 2 aliphatic heterocycles. The molecule has 0 spiro atoms. The summed E-state index contributed by atoms with van der Waals surface area (Å²) in [6.45, 7) is 3.17. The van der Waals surface area contributed by atoms with Crippen LogP contribution in [0, 0.1) is 12.8 Å². The Morgan fingerprint density at radius 3 is 2.86 bits per heavy atom. The van der Waals surface area contributed by atoms with Gasteiger partial charge in [-0.25, -0.2) is 0 Å². The Bertz CT molecular complexity index is 557. The standard InChI is InChI=1S/C15H20N2O3S/c1-10-3-4-13(20-10)12-9-21-6-5-17(12)15(19)11-7-14(18)16(2)8-11/h3-4,11-12H,5-9H2,1-2H3/t11-,12-/m1/s1. The molecule has 2 amide bonds. The molecule has 6 heteroatoms. The molecule has 3 rings (SSSR count). The van der Waals surface area contributed by atoms with Crippen molar-refractivity contribution in [2.24, 2.45) is 5.92 Å². The normalized spacial score (nSPS) is 26.5. The Balaban J connectivity index is 1.78. The Labute approximate surface area is 128 Å². The minimum atomic E-state index is -0.204. The summed E-state index contributed by atoms with van der Waals surface area (Å²) in [7, 11) is 1.76. The quantitative estimate of drug-likeness (QED) is 0.834. The van der Waals surface area contributed by atoms with E-state index >= 15 is 0 Å². The van der Waals surface area contributed by atoms with Crippen LogP contribution in [0.15, 0.2) is 16.5 Å². The fraction of sp³-hybridized carbons (Fsp3) is 0.600. The summed E-state index contributed by atoms with van der Waals surface area (Å²) in [5.41, 5.74) is 0. The Hall–Kier alpha value is -1.43. The number of carbonyl (C=O) groups excluding carboxylic acids is 2. The average Bonchev–Trinajstić information content (AvgIpc) is 3.05. The SMILES string of the molecule is Cc1ccc([C@H]2CSCCN2C(=O)[C@@H]2CC(=O)N(C)C2)o1. The minimum absolute atomic E-state index is 0.00837. The summed E-state index contributed by atoms with van der Waals surface area (Å²) in [5.74, 6) is 3.46. The fourth-order valence-corrected chi connectivity index (χ4v) is 4.06. The topological polar surface area (TPSA) is 53.8 Å². The first-order valence-corrected chi connectivity index (χ1v) is 8.40. The van der Waals surface area contributed by atoms with Gasteiger partial charge in [-0.05, 0) is 19.1 Å². The molecule has 114 valence electrons. The number of furan rings is 1.